The molecular formula is C8H9N5O. The number of H-pyrrole nitrogens is 1. The molecule has 0 spiro atoms. The second-order valence-corrected chi connectivity index (χ2v) is 2.80. The molecule has 2 aromatic heterocycles. The van der Waals surface area contributed by atoms with Crippen LogP contribution in [0.2, 0.25) is 0 Å². The maximum absolute atomic E-state index is 11.5. The SMILES string of the molecule is Cn1ccc(C(=O)Nc2ccn[nH]2)n1. The van der Waals surface area contributed by atoms with Crippen molar-refractivity contribution in [3.63, 3.8) is 0 Å². The second kappa shape index (κ2) is 3.33. The van der Waals surface area contributed by atoms with E-state index >= 15 is 0 Å². The minimum absolute atomic E-state index is 0.255. The number of carbonyl (C=O) groups excluding carboxylic acids is 1. The van der Waals surface area contributed by atoms with Gasteiger partial charge in [0.2, 0.25) is 0 Å². The first kappa shape index (κ1) is 8.49. The van der Waals surface area contributed by atoms with Gasteiger partial charge in [-0.1, -0.05) is 0 Å². The average molecular weight is 191 g/mol. The summed E-state index contributed by atoms with van der Waals surface area (Å²) in [4.78, 5) is 11.5. The molecule has 0 bridgehead atoms. The zero-order valence-electron chi connectivity index (χ0n) is 7.56. The number of aryl methyl sites for hydroxylation is 1. The minimum atomic E-state index is -0.255. The molecule has 2 aromatic rings. The van der Waals surface area contributed by atoms with Crippen LogP contribution in [0, 0.1) is 0 Å². The number of hydrogen-bond donors (Lipinski definition) is 2. The van der Waals surface area contributed by atoms with Crippen molar-refractivity contribution in [2.75, 3.05) is 5.32 Å². The van der Waals surface area contributed by atoms with Gasteiger partial charge in [0.05, 0.1) is 6.20 Å². The number of hydrogen-bond acceptors (Lipinski definition) is 3. The fourth-order valence-corrected chi connectivity index (χ4v) is 1.05. The number of amides is 1. The van der Waals surface area contributed by atoms with Gasteiger partial charge >= 0.3 is 0 Å². The lowest BCUT2D eigenvalue weighted by atomic mass is 10.4. The van der Waals surface area contributed by atoms with Gasteiger partial charge in [-0.2, -0.15) is 10.2 Å². The number of aromatic amines is 1. The lowest BCUT2D eigenvalue weighted by molar-refractivity contribution is 0.102. The number of anilines is 1. The van der Waals surface area contributed by atoms with Gasteiger partial charge in [0.1, 0.15) is 5.82 Å². The third kappa shape index (κ3) is 1.63. The molecule has 2 N–H and O–H groups in total. The minimum Gasteiger partial charge on any atom is -0.306 e. The van der Waals surface area contributed by atoms with E-state index in [0.29, 0.717) is 11.5 Å². The van der Waals surface area contributed by atoms with Gasteiger partial charge in [-0.15, -0.1) is 0 Å². The van der Waals surface area contributed by atoms with E-state index in [9.17, 15) is 4.79 Å². The van der Waals surface area contributed by atoms with Crippen LogP contribution in [0.25, 0.3) is 0 Å². The fourth-order valence-electron chi connectivity index (χ4n) is 1.05. The first-order valence-corrected chi connectivity index (χ1v) is 4.06. The molecule has 6 nitrogen and oxygen atoms in total. The topological polar surface area (TPSA) is 75.6 Å². The molecule has 0 aromatic carbocycles. The van der Waals surface area contributed by atoms with Crippen LogP contribution in [0.3, 0.4) is 0 Å². The normalized spacial score (nSPS) is 10.1. The van der Waals surface area contributed by atoms with Crippen molar-refractivity contribution in [3.05, 3.63) is 30.2 Å². The van der Waals surface area contributed by atoms with Crippen LogP contribution in [0.4, 0.5) is 5.82 Å². The molecule has 72 valence electrons. The standard InChI is InChI=1S/C8H9N5O/c1-13-5-3-6(12-13)8(14)10-7-2-4-9-11-7/h2-5H,1H3,(H2,9,10,11,14). The molecule has 6 heteroatoms. The van der Waals surface area contributed by atoms with Crippen LogP contribution in [0.5, 0.6) is 0 Å². The zero-order valence-corrected chi connectivity index (χ0v) is 7.56. The van der Waals surface area contributed by atoms with Crippen molar-refractivity contribution in [1.29, 1.82) is 0 Å². The molecule has 0 fully saturated rings. The third-order valence-corrected chi connectivity index (χ3v) is 1.70. The van der Waals surface area contributed by atoms with Crippen molar-refractivity contribution >= 4 is 11.7 Å². The largest absolute Gasteiger partial charge is 0.306 e. The molecule has 0 saturated heterocycles. The zero-order chi connectivity index (χ0) is 9.97. The van der Waals surface area contributed by atoms with Gasteiger partial charge in [-0.25, -0.2) is 0 Å². The molecule has 0 saturated carbocycles. The van der Waals surface area contributed by atoms with E-state index in [1.54, 1.807) is 36.3 Å². The van der Waals surface area contributed by atoms with Crippen molar-refractivity contribution in [3.8, 4) is 0 Å². The van der Waals surface area contributed by atoms with E-state index in [1.807, 2.05) is 0 Å². The highest BCUT2D eigenvalue weighted by Gasteiger charge is 2.08. The van der Waals surface area contributed by atoms with Crippen molar-refractivity contribution in [2.24, 2.45) is 7.05 Å². The predicted octanol–water partition coefficient (Wildman–Crippen LogP) is 0.395. The maximum Gasteiger partial charge on any atom is 0.277 e. The van der Waals surface area contributed by atoms with E-state index in [4.69, 9.17) is 0 Å². The lowest BCUT2D eigenvalue weighted by Crippen LogP contribution is -2.13. The molecule has 1 amide bonds. The van der Waals surface area contributed by atoms with Gasteiger partial charge in [-0.3, -0.25) is 14.6 Å². The van der Waals surface area contributed by atoms with E-state index < -0.39 is 0 Å². The van der Waals surface area contributed by atoms with Gasteiger partial charge in [0.15, 0.2) is 5.69 Å². The van der Waals surface area contributed by atoms with E-state index in [2.05, 4.69) is 20.6 Å². The van der Waals surface area contributed by atoms with Crippen LogP contribution in [0.15, 0.2) is 24.5 Å². The first-order chi connectivity index (χ1) is 6.75. The highest BCUT2D eigenvalue weighted by atomic mass is 16.2. The first-order valence-electron chi connectivity index (χ1n) is 4.06. The Labute approximate surface area is 79.9 Å². The third-order valence-electron chi connectivity index (χ3n) is 1.70. The Bertz CT molecular complexity index is 430. The highest BCUT2D eigenvalue weighted by molar-refractivity contribution is 6.02. The van der Waals surface area contributed by atoms with Crippen LogP contribution in [0.1, 0.15) is 10.5 Å². The molecule has 0 atom stereocenters. The summed E-state index contributed by atoms with van der Waals surface area (Å²) in [5.41, 5.74) is 0.377. The Hall–Kier alpha value is -2.11. The molecule has 0 radical (unpaired) electrons. The Morgan fingerprint density at radius 1 is 1.57 bits per heavy atom. The summed E-state index contributed by atoms with van der Waals surface area (Å²) in [6.45, 7) is 0. The summed E-state index contributed by atoms with van der Waals surface area (Å²) in [6, 6.07) is 3.31. The maximum atomic E-state index is 11.5. The number of nitrogens with zero attached hydrogens (tertiary/aromatic N) is 3. The van der Waals surface area contributed by atoms with Crippen LogP contribution in [-0.4, -0.2) is 25.9 Å². The molecule has 2 heterocycles. The summed E-state index contributed by atoms with van der Waals surface area (Å²) in [7, 11) is 1.76. The van der Waals surface area contributed by atoms with Crippen molar-refractivity contribution in [1.82, 2.24) is 20.0 Å². The molecule has 2 rings (SSSR count). The van der Waals surface area contributed by atoms with Gasteiger partial charge in [0, 0.05) is 19.3 Å². The summed E-state index contributed by atoms with van der Waals surface area (Å²) >= 11 is 0. The van der Waals surface area contributed by atoms with Crippen molar-refractivity contribution in [2.45, 2.75) is 0 Å². The average Bonchev–Trinajstić information content (AvgIpc) is 2.75. The van der Waals surface area contributed by atoms with E-state index in [0.717, 1.165) is 0 Å². The quantitative estimate of drug-likeness (QED) is 0.721. The number of carbonyl (C=O) groups is 1. The molecule has 14 heavy (non-hydrogen) atoms. The summed E-state index contributed by atoms with van der Waals surface area (Å²) in [6.07, 6.45) is 3.27. The summed E-state index contributed by atoms with van der Waals surface area (Å²) in [5.74, 6) is 0.301. The second-order valence-electron chi connectivity index (χ2n) is 2.80. The predicted molar refractivity (Wildman–Crippen MR) is 49.7 cm³/mol. The molecule has 0 unspecified atom stereocenters. The van der Waals surface area contributed by atoms with Crippen molar-refractivity contribution < 1.29 is 4.79 Å². The van der Waals surface area contributed by atoms with Crippen LogP contribution >= 0.6 is 0 Å². The van der Waals surface area contributed by atoms with Gasteiger partial charge in [-0.05, 0) is 6.07 Å². The number of rotatable bonds is 2. The smallest absolute Gasteiger partial charge is 0.277 e. The highest BCUT2D eigenvalue weighted by Crippen LogP contribution is 2.02. The Kier molecular flexibility index (Phi) is 2.02. The molecule has 0 aliphatic heterocycles. The van der Waals surface area contributed by atoms with Crippen LogP contribution in [-0.2, 0) is 7.05 Å². The lowest BCUT2D eigenvalue weighted by Gasteiger charge is -1.97. The van der Waals surface area contributed by atoms with E-state index in [1.165, 1.54) is 0 Å². The fraction of sp³-hybridized carbons (Fsp3) is 0.125. The Balaban J connectivity index is 2.10. The number of aromatic nitrogens is 4. The molecule has 0 aliphatic carbocycles. The Morgan fingerprint density at radius 2 is 2.43 bits per heavy atom. The Morgan fingerprint density at radius 3 is 3.00 bits per heavy atom. The monoisotopic (exact) mass is 191 g/mol. The molecular weight excluding hydrogens is 182 g/mol. The molecule has 0 aliphatic rings. The van der Waals surface area contributed by atoms with E-state index in [-0.39, 0.29) is 5.91 Å². The summed E-state index contributed by atoms with van der Waals surface area (Å²) in [5, 5.41) is 12.9. The van der Waals surface area contributed by atoms with Crippen LogP contribution < -0.4 is 5.32 Å². The number of nitrogens with one attached hydrogen (secondary N) is 2. The summed E-state index contributed by atoms with van der Waals surface area (Å²) < 4.78 is 1.57. The van der Waals surface area contributed by atoms with Gasteiger partial charge in [0.25, 0.3) is 5.91 Å². The van der Waals surface area contributed by atoms with Gasteiger partial charge < -0.3 is 5.32 Å².